The van der Waals surface area contributed by atoms with Crippen LogP contribution in [0.25, 0.3) is 21.8 Å². The maximum Gasteiger partial charge on any atom is 0.0642 e. The monoisotopic (exact) mass is 401 g/mol. The second-order valence-electron chi connectivity index (χ2n) is 11.3. The Morgan fingerprint density at radius 3 is 2.50 bits per heavy atom. The highest BCUT2D eigenvalue weighted by Gasteiger charge is 2.65. The Morgan fingerprint density at radius 2 is 1.70 bits per heavy atom. The van der Waals surface area contributed by atoms with Gasteiger partial charge >= 0.3 is 0 Å². The third kappa shape index (κ3) is 2.00. The van der Waals surface area contributed by atoms with Gasteiger partial charge in [-0.15, -0.1) is 0 Å². The lowest BCUT2D eigenvalue weighted by atomic mass is 9.45. The average Bonchev–Trinajstić information content (AvgIpc) is 2.98. The van der Waals surface area contributed by atoms with Gasteiger partial charge in [-0.2, -0.15) is 0 Å². The number of fused-ring (bicyclic) bond motifs is 5. The summed E-state index contributed by atoms with van der Waals surface area (Å²) in [6, 6.07) is 13.7. The van der Waals surface area contributed by atoms with Gasteiger partial charge in [-0.3, -0.25) is 0 Å². The third-order valence-electron chi connectivity index (χ3n) is 10.4. The van der Waals surface area contributed by atoms with Crippen molar-refractivity contribution in [1.29, 1.82) is 0 Å². The molecule has 2 heteroatoms. The quantitative estimate of drug-likeness (QED) is 0.460. The van der Waals surface area contributed by atoms with Crippen LogP contribution in [0.15, 0.2) is 36.4 Å². The van der Waals surface area contributed by atoms with E-state index in [2.05, 4.69) is 69.1 Å². The van der Waals surface area contributed by atoms with E-state index >= 15 is 0 Å². The summed E-state index contributed by atoms with van der Waals surface area (Å²) in [5, 5.41) is 14.3. The number of rotatable bonds is 1. The smallest absolute Gasteiger partial charge is 0.0642 e. The van der Waals surface area contributed by atoms with Crippen molar-refractivity contribution < 1.29 is 5.11 Å². The fourth-order valence-corrected chi connectivity index (χ4v) is 8.20. The fourth-order valence-electron chi connectivity index (χ4n) is 8.20. The first-order chi connectivity index (χ1) is 14.3. The molecular weight excluding hydrogens is 366 g/mol. The minimum Gasteiger partial charge on any atom is -0.392 e. The predicted molar refractivity (Wildman–Crippen MR) is 125 cm³/mol. The molecule has 30 heavy (non-hydrogen) atoms. The zero-order valence-electron chi connectivity index (χ0n) is 18.9. The molecule has 7 rings (SSSR count). The molecule has 2 nitrogen and oxygen atoms in total. The highest BCUT2D eigenvalue weighted by atomic mass is 16.3. The molecule has 1 heterocycles. The zero-order chi connectivity index (χ0) is 20.9. The van der Waals surface area contributed by atoms with Crippen LogP contribution in [-0.4, -0.2) is 16.2 Å². The standard InChI is InChI=1S/C28H35NO/c1-17(2)27-12-11-26(4)18(3)9-10-25(30)28(26,14-13-27)22-15-20-19-7-5-6-8-23(19)29-24(20)16-21(22)27/h5-8,15-18,25,29-30H,9-14H2,1-4H3/t18-,25-,26+,27+,28-/m1/s1. The van der Waals surface area contributed by atoms with Crippen LogP contribution in [0.5, 0.6) is 0 Å². The minimum absolute atomic E-state index is 0.110. The van der Waals surface area contributed by atoms with E-state index < -0.39 is 0 Å². The predicted octanol–water partition coefficient (Wildman–Crippen LogP) is 6.84. The molecule has 0 aliphatic heterocycles. The summed E-state index contributed by atoms with van der Waals surface area (Å²) in [5.41, 5.74) is 5.79. The normalized spacial score (nSPS) is 38.1. The van der Waals surface area contributed by atoms with Crippen molar-refractivity contribution in [3.63, 3.8) is 0 Å². The van der Waals surface area contributed by atoms with E-state index in [1.165, 1.54) is 46.6 Å². The summed E-state index contributed by atoms with van der Waals surface area (Å²) in [5.74, 6) is 1.25. The van der Waals surface area contributed by atoms with Gasteiger partial charge in [0.15, 0.2) is 0 Å². The summed E-state index contributed by atoms with van der Waals surface area (Å²) < 4.78 is 0. The maximum absolute atomic E-state index is 11.7. The van der Waals surface area contributed by atoms with Gasteiger partial charge in [0.1, 0.15) is 0 Å². The molecule has 2 bridgehead atoms. The van der Waals surface area contributed by atoms with Crippen molar-refractivity contribution in [1.82, 2.24) is 4.98 Å². The number of hydrogen-bond donors (Lipinski definition) is 2. The number of aliphatic hydroxyl groups is 1. The molecule has 0 radical (unpaired) electrons. The number of nitrogens with one attached hydrogen (secondary N) is 1. The molecule has 2 saturated carbocycles. The van der Waals surface area contributed by atoms with Crippen LogP contribution in [0.1, 0.15) is 77.3 Å². The van der Waals surface area contributed by atoms with Crippen molar-refractivity contribution in [3.05, 3.63) is 47.5 Å². The van der Waals surface area contributed by atoms with E-state index in [0.29, 0.717) is 11.8 Å². The molecule has 0 unspecified atom stereocenters. The third-order valence-corrected chi connectivity index (χ3v) is 10.4. The molecule has 2 aromatic carbocycles. The second kappa shape index (κ2) is 5.91. The van der Waals surface area contributed by atoms with Gasteiger partial charge in [-0.1, -0.05) is 45.9 Å². The van der Waals surface area contributed by atoms with Crippen molar-refractivity contribution in [2.24, 2.45) is 17.3 Å². The van der Waals surface area contributed by atoms with Gasteiger partial charge in [0.05, 0.1) is 6.10 Å². The van der Waals surface area contributed by atoms with Crippen LogP contribution in [0.2, 0.25) is 0 Å². The lowest BCUT2D eigenvalue weighted by Crippen LogP contribution is -2.59. The molecule has 0 amide bonds. The largest absolute Gasteiger partial charge is 0.392 e. The average molecular weight is 402 g/mol. The Balaban J connectivity index is 1.76. The first-order valence-electron chi connectivity index (χ1n) is 12.1. The number of hydrogen-bond acceptors (Lipinski definition) is 1. The molecule has 0 saturated heterocycles. The lowest BCUT2D eigenvalue weighted by molar-refractivity contribution is -0.0860. The molecule has 2 fully saturated rings. The summed E-state index contributed by atoms with van der Waals surface area (Å²) in [4.78, 5) is 3.70. The molecule has 1 aromatic heterocycles. The van der Waals surface area contributed by atoms with Gasteiger partial charge in [-0.05, 0) is 90.5 Å². The Kier molecular flexibility index (Phi) is 3.73. The number of aliphatic hydroxyl groups excluding tert-OH is 1. The summed E-state index contributed by atoms with van der Waals surface area (Å²) in [7, 11) is 0. The topological polar surface area (TPSA) is 36.0 Å². The molecular formula is C28H35NO. The molecule has 4 aliphatic carbocycles. The molecule has 3 aromatic rings. The maximum atomic E-state index is 11.7. The van der Waals surface area contributed by atoms with Crippen LogP contribution in [-0.2, 0) is 10.8 Å². The van der Waals surface area contributed by atoms with Crippen molar-refractivity contribution in [2.45, 2.75) is 83.2 Å². The van der Waals surface area contributed by atoms with Gasteiger partial charge in [-0.25, -0.2) is 0 Å². The summed E-state index contributed by atoms with van der Waals surface area (Å²) in [6.07, 6.45) is 6.68. The number of benzene rings is 2. The Bertz CT molecular complexity index is 1160. The first kappa shape index (κ1) is 18.9. The summed E-state index contributed by atoms with van der Waals surface area (Å²) >= 11 is 0. The highest BCUT2D eigenvalue weighted by molar-refractivity contribution is 6.07. The van der Waals surface area contributed by atoms with Crippen LogP contribution < -0.4 is 0 Å². The van der Waals surface area contributed by atoms with Gasteiger partial charge in [0.25, 0.3) is 0 Å². The fraction of sp³-hybridized carbons (Fsp3) is 0.571. The number of aromatic nitrogens is 1. The van der Waals surface area contributed by atoms with E-state index in [-0.39, 0.29) is 22.3 Å². The lowest BCUT2D eigenvalue weighted by Gasteiger charge is -2.59. The molecule has 5 atom stereocenters. The molecule has 2 N–H and O–H groups in total. The van der Waals surface area contributed by atoms with Gasteiger partial charge < -0.3 is 10.1 Å². The van der Waals surface area contributed by atoms with Crippen molar-refractivity contribution in [2.75, 3.05) is 0 Å². The summed E-state index contributed by atoms with van der Waals surface area (Å²) in [6.45, 7) is 9.83. The Labute approximate surface area is 180 Å². The van der Waals surface area contributed by atoms with Crippen LogP contribution in [0, 0.1) is 17.3 Å². The van der Waals surface area contributed by atoms with Crippen molar-refractivity contribution >= 4 is 21.8 Å². The minimum atomic E-state index is -0.233. The Hall–Kier alpha value is -1.80. The van der Waals surface area contributed by atoms with E-state index in [4.69, 9.17) is 0 Å². The Morgan fingerprint density at radius 1 is 0.933 bits per heavy atom. The molecule has 4 aliphatic rings. The number of H-pyrrole nitrogens is 1. The highest BCUT2D eigenvalue weighted by Crippen LogP contribution is 2.69. The van der Waals surface area contributed by atoms with Crippen molar-refractivity contribution in [3.8, 4) is 0 Å². The second-order valence-corrected chi connectivity index (χ2v) is 11.3. The van der Waals surface area contributed by atoms with Crippen LogP contribution in [0.3, 0.4) is 0 Å². The molecule has 1 spiro atoms. The number of aromatic amines is 1. The first-order valence-corrected chi connectivity index (χ1v) is 12.1. The zero-order valence-corrected chi connectivity index (χ0v) is 18.9. The van der Waals surface area contributed by atoms with E-state index in [9.17, 15) is 5.11 Å². The SMILES string of the molecule is CC(C)[C@]12CC[C@@]3(C)[C@H](C)CC[C@@H](O)[C@@]3(CC1)c1cc3c(cc12)[nH]c1ccccc13. The van der Waals surface area contributed by atoms with Crippen LogP contribution in [0.4, 0.5) is 0 Å². The number of para-hydroxylation sites is 1. The van der Waals surface area contributed by atoms with E-state index in [0.717, 1.165) is 19.3 Å². The van der Waals surface area contributed by atoms with E-state index in [1.54, 1.807) is 5.56 Å². The van der Waals surface area contributed by atoms with Crippen LogP contribution >= 0.6 is 0 Å². The van der Waals surface area contributed by atoms with Gasteiger partial charge in [0, 0.05) is 27.2 Å². The van der Waals surface area contributed by atoms with E-state index in [1.807, 2.05) is 0 Å². The molecule has 158 valence electrons. The van der Waals surface area contributed by atoms with Gasteiger partial charge in [0.2, 0.25) is 0 Å².